The number of hydrogen-bond donors (Lipinski definition) is 0. The van der Waals surface area contributed by atoms with Gasteiger partial charge in [-0.1, -0.05) is 68.6 Å². The first-order chi connectivity index (χ1) is 15.2. The number of rotatable bonds is 6. The largest absolute Gasteiger partial charge is 0.467 e. The summed E-state index contributed by atoms with van der Waals surface area (Å²) in [6.45, 7) is 2.64. The van der Waals surface area contributed by atoms with E-state index in [4.69, 9.17) is 9.40 Å². The van der Waals surface area contributed by atoms with E-state index in [1.165, 1.54) is 24.8 Å². The maximum Gasteiger partial charge on any atom is 0.258 e. The highest BCUT2D eigenvalue weighted by Crippen LogP contribution is 2.48. The van der Waals surface area contributed by atoms with Crippen LogP contribution >= 0.6 is 11.8 Å². The molecule has 3 aromatic rings. The average Bonchev–Trinajstić information content (AvgIpc) is 3.30. The van der Waals surface area contributed by atoms with Crippen molar-refractivity contribution in [3.05, 3.63) is 69.9 Å². The Morgan fingerprint density at radius 2 is 1.97 bits per heavy atom. The van der Waals surface area contributed by atoms with Crippen molar-refractivity contribution in [3.8, 4) is 11.3 Å². The summed E-state index contributed by atoms with van der Waals surface area (Å²) < 4.78 is 7.49. The average molecular weight is 435 g/mol. The molecule has 2 aliphatic carbocycles. The lowest BCUT2D eigenvalue weighted by Gasteiger charge is -2.42. The SMILES string of the molecule is CCCCSc1nc2c(c(=O)n1Cc1ccco1)C1(CCCCC1)Cc1ccccc1-2. The van der Waals surface area contributed by atoms with Crippen molar-refractivity contribution in [3.63, 3.8) is 0 Å². The fraction of sp³-hybridized carbons (Fsp3) is 0.462. The maximum absolute atomic E-state index is 14.1. The number of unbranched alkanes of at least 4 members (excludes halogenated alkanes) is 1. The predicted octanol–water partition coefficient (Wildman–Crippen LogP) is 6.20. The molecule has 1 spiro atoms. The fourth-order valence-corrected chi connectivity index (χ4v) is 6.41. The summed E-state index contributed by atoms with van der Waals surface area (Å²) in [5.41, 5.74) is 4.44. The number of thioether (sulfide) groups is 1. The van der Waals surface area contributed by atoms with Crippen LogP contribution in [0.2, 0.25) is 0 Å². The first kappa shape index (κ1) is 20.6. The van der Waals surface area contributed by atoms with E-state index < -0.39 is 0 Å². The van der Waals surface area contributed by atoms with Crippen LogP contribution in [0.1, 0.15) is 68.8 Å². The molecule has 1 fully saturated rings. The molecule has 0 amide bonds. The zero-order valence-corrected chi connectivity index (χ0v) is 19.0. The van der Waals surface area contributed by atoms with Gasteiger partial charge in [0.15, 0.2) is 5.16 Å². The molecule has 0 radical (unpaired) electrons. The molecule has 0 saturated heterocycles. The van der Waals surface area contributed by atoms with Crippen LogP contribution in [0, 0.1) is 0 Å². The first-order valence-corrected chi connectivity index (χ1v) is 12.6. The number of aromatic nitrogens is 2. The van der Waals surface area contributed by atoms with Gasteiger partial charge in [0.05, 0.1) is 24.1 Å². The number of furan rings is 1. The van der Waals surface area contributed by atoms with Gasteiger partial charge in [-0.05, 0) is 43.4 Å². The molecule has 0 atom stereocenters. The number of fused-ring (bicyclic) bond motifs is 4. The Hall–Kier alpha value is -2.27. The number of benzene rings is 1. The van der Waals surface area contributed by atoms with E-state index in [0.29, 0.717) is 6.54 Å². The third-order valence-corrected chi connectivity index (χ3v) is 7.96. The molecule has 2 aromatic heterocycles. The van der Waals surface area contributed by atoms with Gasteiger partial charge in [0.2, 0.25) is 0 Å². The van der Waals surface area contributed by atoms with Gasteiger partial charge < -0.3 is 4.42 Å². The molecular weight excluding hydrogens is 404 g/mol. The molecule has 2 heterocycles. The van der Waals surface area contributed by atoms with Crippen molar-refractivity contribution in [1.82, 2.24) is 9.55 Å². The molecular formula is C26H30N2O2S. The zero-order valence-electron chi connectivity index (χ0n) is 18.2. The topological polar surface area (TPSA) is 48.0 Å². The third kappa shape index (κ3) is 3.78. The maximum atomic E-state index is 14.1. The summed E-state index contributed by atoms with van der Waals surface area (Å²) in [7, 11) is 0. The van der Waals surface area contributed by atoms with Crippen LogP contribution in [0.4, 0.5) is 0 Å². The highest BCUT2D eigenvalue weighted by Gasteiger charge is 2.43. The van der Waals surface area contributed by atoms with Crippen LogP contribution in [-0.2, 0) is 18.4 Å². The van der Waals surface area contributed by atoms with Gasteiger partial charge in [-0.3, -0.25) is 9.36 Å². The number of hydrogen-bond acceptors (Lipinski definition) is 4. The summed E-state index contributed by atoms with van der Waals surface area (Å²) in [5.74, 6) is 1.77. The third-order valence-electron chi connectivity index (χ3n) is 6.90. The zero-order chi connectivity index (χ0) is 21.3. The summed E-state index contributed by atoms with van der Waals surface area (Å²) in [5, 5.41) is 0.816. The summed E-state index contributed by atoms with van der Waals surface area (Å²) in [6, 6.07) is 12.4. The van der Waals surface area contributed by atoms with Crippen molar-refractivity contribution >= 4 is 11.8 Å². The van der Waals surface area contributed by atoms with Crippen molar-refractivity contribution in [1.29, 1.82) is 0 Å². The molecule has 31 heavy (non-hydrogen) atoms. The standard InChI is InChI=1S/C26H30N2O2S/c1-2-3-16-31-25-27-23-21-12-6-5-10-19(21)17-26(13-7-4-8-14-26)22(23)24(29)28(25)18-20-11-9-15-30-20/h5-6,9-12,15H,2-4,7-8,13-14,16-18H2,1H3. The minimum atomic E-state index is -0.0798. The van der Waals surface area contributed by atoms with Crippen LogP contribution in [0.3, 0.4) is 0 Å². The van der Waals surface area contributed by atoms with Gasteiger partial charge in [0.1, 0.15) is 5.76 Å². The quantitative estimate of drug-likeness (QED) is 0.263. The van der Waals surface area contributed by atoms with Crippen molar-refractivity contribution in [2.24, 2.45) is 0 Å². The fourth-order valence-electron chi connectivity index (χ4n) is 5.34. The summed E-state index contributed by atoms with van der Waals surface area (Å²) in [4.78, 5) is 19.3. The van der Waals surface area contributed by atoms with E-state index in [-0.39, 0.29) is 11.0 Å². The van der Waals surface area contributed by atoms with Gasteiger partial charge in [0, 0.05) is 16.7 Å². The van der Waals surface area contributed by atoms with E-state index >= 15 is 0 Å². The Morgan fingerprint density at radius 1 is 1.13 bits per heavy atom. The van der Waals surface area contributed by atoms with E-state index in [1.54, 1.807) is 18.0 Å². The molecule has 1 saturated carbocycles. The number of nitrogens with zero attached hydrogens (tertiary/aromatic N) is 2. The summed E-state index contributed by atoms with van der Waals surface area (Å²) in [6.07, 6.45) is 10.7. The minimum Gasteiger partial charge on any atom is -0.467 e. The van der Waals surface area contributed by atoms with E-state index in [1.807, 2.05) is 16.7 Å². The van der Waals surface area contributed by atoms with E-state index in [2.05, 4.69) is 31.2 Å². The Balaban J connectivity index is 1.71. The highest BCUT2D eigenvalue weighted by molar-refractivity contribution is 7.99. The van der Waals surface area contributed by atoms with Crippen LogP contribution in [0.5, 0.6) is 0 Å². The molecule has 2 aliphatic rings. The van der Waals surface area contributed by atoms with Crippen molar-refractivity contribution < 1.29 is 4.42 Å². The van der Waals surface area contributed by atoms with Crippen molar-refractivity contribution in [2.75, 3.05) is 5.75 Å². The Kier molecular flexibility index (Phi) is 5.79. The van der Waals surface area contributed by atoms with Crippen LogP contribution in [-0.4, -0.2) is 15.3 Å². The van der Waals surface area contributed by atoms with Gasteiger partial charge in [-0.25, -0.2) is 4.98 Å². The molecule has 0 unspecified atom stereocenters. The lowest BCUT2D eigenvalue weighted by molar-refractivity contribution is 0.282. The van der Waals surface area contributed by atoms with Gasteiger partial charge in [0.25, 0.3) is 5.56 Å². The van der Waals surface area contributed by atoms with Gasteiger partial charge in [-0.15, -0.1) is 0 Å². The minimum absolute atomic E-state index is 0.0798. The second-order valence-electron chi connectivity index (χ2n) is 8.97. The Labute approximate surface area is 188 Å². The van der Waals surface area contributed by atoms with Crippen LogP contribution in [0.25, 0.3) is 11.3 Å². The monoisotopic (exact) mass is 434 g/mol. The highest BCUT2D eigenvalue weighted by atomic mass is 32.2. The second kappa shape index (κ2) is 8.70. The Morgan fingerprint density at radius 3 is 2.74 bits per heavy atom. The van der Waals surface area contributed by atoms with Gasteiger partial charge in [-0.2, -0.15) is 0 Å². The molecule has 5 rings (SSSR count). The second-order valence-corrected chi connectivity index (χ2v) is 10.0. The summed E-state index contributed by atoms with van der Waals surface area (Å²) >= 11 is 1.70. The van der Waals surface area contributed by atoms with Gasteiger partial charge >= 0.3 is 0 Å². The smallest absolute Gasteiger partial charge is 0.258 e. The lowest BCUT2D eigenvalue weighted by atomic mass is 9.62. The normalized spacial score (nSPS) is 16.8. The molecule has 5 heteroatoms. The molecule has 0 N–H and O–H groups in total. The molecule has 1 aromatic carbocycles. The van der Waals surface area contributed by atoms with E-state index in [0.717, 1.165) is 65.6 Å². The first-order valence-electron chi connectivity index (χ1n) is 11.6. The molecule has 162 valence electrons. The molecule has 4 nitrogen and oxygen atoms in total. The predicted molar refractivity (Wildman–Crippen MR) is 126 cm³/mol. The Bertz CT molecular complexity index is 1110. The van der Waals surface area contributed by atoms with Crippen LogP contribution < -0.4 is 5.56 Å². The molecule has 0 bridgehead atoms. The molecule has 0 aliphatic heterocycles. The van der Waals surface area contributed by atoms with E-state index in [9.17, 15) is 4.79 Å². The van der Waals surface area contributed by atoms with Crippen LogP contribution in [0.15, 0.2) is 57.0 Å². The lowest BCUT2D eigenvalue weighted by Crippen LogP contribution is -2.43. The van der Waals surface area contributed by atoms with Crippen molar-refractivity contribution in [2.45, 2.75) is 75.4 Å².